The number of benzene rings is 2. The highest BCUT2D eigenvalue weighted by molar-refractivity contribution is 14.1. The van der Waals surface area contributed by atoms with Gasteiger partial charge in [0.2, 0.25) is 10.0 Å². The van der Waals surface area contributed by atoms with E-state index in [2.05, 4.69) is 27.3 Å². The highest BCUT2D eigenvalue weighted by atomic mass is 127. The minimum absolute atomic E-state index is 0.0910. The lowest BCUT2D eigenvalue weighted by atomic mass is 10.2. The number of halogens is 3. The molecule has 0 radical (unpaired) electrons. The molecule has 2 rings (SSSR count). The number of nitrogens with one attached hydrogen (secondary N) is 1. The zero-order valence-corrected chi connectivity index (χ0v) is 14.6. The third-order valence-electron chi connectivity index (χ3n) is 2.58. The summed E-state index contributed by atoms with van der Waals surface area (Å²) >= 11 is 14.0. The van der Waals surface area contributed by atoms with Crippen molar-refractivity contribution in [2.24, 2.45) is 0 Å². The molecule has 0 aliphatic rings. The van der Waals surface area contributed by atoms with Gasteiger partial charge in [0.1, 0.15) is 0 Å². The van der Waals surface area contributed by atoms with Crippen molar-refractivity contribution in [2.45, 2.75) is 11.4 Å². The molecular formula is C13H10Cl2INO2S. The van der Waals surface area contributed by atoms with E-state index in [4.69, 9.17) is 23.2 Å². The van der Waals surface area contributed by atoms with E-state index in [-0.39, 0.29) is 11.4 Å². The molecular weight excluding hydrogens is 432 g/mol. The molecule has 20 heavy (non-hydrogen) atoms. The van der Waals surface area contributed by atoms with E-state index in [9.17, 15) is 8.42 Å². The van der Waals surface area contributed by atoms with Crippen molar-refractivity contribution < 1.29 is 8.42 Å². The highest BCUT2D eigenvalue weighted by Gasteiger charge is 2.14. The molecule has 1 N–H and O–H groups in total. The van der Waals surface area contributed by atoms with Gasteiger partial charge in [0, 0.05) is 20.2 Å². The van der Waals surface area contributed by atoms with Crippen LogP contribution in [0.3, 0.4) is 0 Å². The molecule has 0 spiro atoms. The first-order valence-corrected chi connectivity index (χ1v) is 8.89. The first-order chi connectivity index (χ1) is 9.38. The van der Waals surface area contributed by atoms with Gasteiger partial charge in [-0.05, 0) is 70.6 Å². The van der Waals surface area contributed by atoms with Crippen molar-refractivity contribution in [3.63, 3.8) is 0 Å². The van der Waals surface area contributed by atoms with Crippen molar-refractivity contribution in [1.82, 2.24) is 4.72 Å². The standard InChI is InChI=1S/C13H10Cl2INO2S/c14-10-1-6-13(15)9(7-10)8-17-20(18,19)12-4-2-11(16)3-5-12/h1-7,17H,8H2. The van der Waals surface area contributed by atoms with Gasteiger partial charge in [0.05, 0.1) is 4.90 Å². The molecule has 0 aliphatic heterocycles. The zero-order valence-electron chi connectivity index (χ0n) is 10.1. The molecule has 0 saturated heterocycles. The van der Waals surface area contributed by atoms with Crippen LogP contribution in [0.2, 0.25) is 10.0 Å². The summed E-state index contributed by atoms with van der Waals surface area (Å²) in [6, 6.07) is 11.5. The van der Waals surface area contributed by atoms with Gasteiger partial charge in [-0.25, -0.2) is 13.1 Å². The Bertz CT molecular complexity index is 718. The SMILES string of the molecule is O=S(=O)(NCc1cc(Cl)ccc1Cl)c1ccc(I)cc1. The Labute approximate surface area is 141 Å². The van der Waals surface area contributed by atoms with Gasteiger partial charge >= 0.3 is 0 Å². The number of hydrogen-bond acceptors (Lipinski definition) is 2. The van der Waals surface area contributed by atoms with Gasteiger partial charge in [-0.1, -0.05) is 23.2 Å². The second-order valence-electron chi connectivity index (χ2n) is 4.01. The zero-order chi connectivity index (χ0) is 14.8. The second kappa shape index (κ2) is 6.62. The maximum absolute atomic E-state index is 12.1. The average molecular weight is 442 g/mol. The molecule has 106 valence electrons. The van der Waals surface area contributed by atoms with Crippen LogP contribution in [0.25, 0.3) is 0 Å². The fourth-order valence-electron chi connectivity index (χ4n) is 1.55. The van der Waals surface area contributed by atoms with E-state index in [0.29, 0.717) is 15.6 Å². The summed E-state index contributed by atoms with van der Waals surface area (Å²) in [6.07, 6.45) is 0. The van der Waals surface area contributed by atoms with E-state index >= 15 is 0 Å². The Morgan fingerprint density at radius 1 is 1.05 bits per heavy atom. The van der Waals surface area contributed by atoms with Crippen LogP contribution in [0.5, 0.6) is 0 Å². The largest absolute Gasteiger partial charge is 0.240 e. The Hall–Kier alpha value is -0.340. The minimum Gasteiger partial charge on any atom is -0.207 e. The van der Waals surface area contributed by atoms with E-state index in [1.807, 2.05) is 0 Å². The monoisotopic (exact) mass is 441 g/mol. The minimum atomic E-state index is -3.56. The van der Waals surface area contributed by atoms with Crippen molar-refractivity contribution >= 4 is 55.8 Å². The number of hydrogen-bond donors (Lipinski definition) is 1. The first-order valence-electron chi connectivity index (χ1n) is 5.58. The molecule has 2 aromatic carbocycles. The van der Waals surface area contributed by atoms with Gasteiger partial charge in [0.15, 0.2) is 0 Å². The predicted octanol–water partition coefficient (Wildman–Crippen LogP) is 4.08. The van der Waals surface area contributed by atoms with E-state index in [0.717, 1.165) is 3.57 Å². The fraction of sp³-hybridized carbons (Fsp3) is 0.0769. The molecule has 3 nitrogen and oxygen atoms in total. The molecule has 0 aromatic heterocycles. The Morgan fingerprint density at radius 3 is 2.35 bits per heavy atom. The van der Waals surface area contributed by atoms with Crippen LogP contribution < -0.4 is 4.72 Å². The molecule has 2 aromatic rings. The Kier molecular flexibility index (Phi) is 5.30. The molecule has 0 aliphatic carbocycles. The smallest absolute Gasteiger partial charge is 0.207 e. The van der Waals surface area contributed by atoms with E-state index in [1.165, 1.54) is 0 Å². The molecule has 0 amide bonds. The van der Waals surface area contributed by atoms with Crippen LogP contribution in [-0.2, 0) is 16.6 Å². The van der Waals surface area contributed by atoms with Crippen molar-refractivity contribution in [1.29, 1.82) is 0 Å². The normalized spacial score (nSPS) is 11.6. The molecule has 0 heterocycles. The topological polar surface area (TPSA) is 46.2 Å². The Balaban J connectivity index is 2.17. The molecule has 7 heteroatoms. The van der Waals surface area contributed by atoms with E-state index < -0.39 is 10.0 Å². The lowest BCUT2D eigenvalue weighted by Crippen LogP contribution is -2.23. The van der Waals surface area contributed by atoms with Crippen LogP contribution in [0.1, 0.15) is 5.56 Å². The lowest BCUT2D eigenvalue weighted by Gasteiger charge is -2.08. The van der Waals surface area contributed by atoms with Gasteiger partial charge < -0.3 is 0 Å². The summed E-state index contributed by atoms with van der Waals surface area (Å²) in [6.45, 7) is 0.0910. The summed E-state index contributed by atoms with van der Waals surface area (Å²) in [5.74, 6) is 0. The first kappa shape index (κ1) is 16.0. The Morgan fingerprint density at radius 2 is 1.70 bits per heavy atom. The van der Waals surface area contributed by atoms with Crippen LogP contribution >= 0.6 is 45.8 Å². The molecule has 0 fully saturated rings. The van der Waals surface area contributed by atoms with Crippen LogP contribution in [0, 0.1) is 3.57 Å². The third-order valence-corrected chi connectivity index (χ3v) is 5.32. The molecule has 0 unspecified atom stereocenters. The highest BCUT2D eigenvalue weighted by Crippen LogP contribution is 2.21. The van der Waals surface area contributed by atoms with Crippen molar-refractivity contribution in [3.05, 3.63) is 61.6 Å². The van der Waals surface area contributed by atoms with Gasteiger partial charge in [-0.15, -0.1) is 0 Å². The summed E-state index contributed by atoms with van der Waals surface area (Å²) in [4.78, 5) is 0.219. The van der Waals surface area contributed by atoms with Crippen LogP contribution in [0.15, 0.2) is 47.4 Å². The van der Waals surface area contributed by atoms with Gasteiger partial charge in [-0.2, -0.15) is 0 Å². The van der Waals surface area contributed by atoms with Gasteiger partial charge in [-0.3, -0.25) is 0 Å². The number of sulfonamides is 1. The summed E-state index contributed by atoms with van der Waals surface area (Å²) < 4.78 is 27.7. The summed E-state index contributed by atoms with van der Waals surface area (Å²) in [5, 5.41) is 0.984. The maximum Gasteiger partial charge on any atom is 0.240 e. The molecule has 0 saturated carbocycles. The van der Waals surface area contributed by atoms with Crippen LogP contribution in [0.4, 0.5) is 0 Å². The summed E-state index contributed by atoms with van der Waals surface area (Å²) in [7, 11) is -3.56. The van der Waals surface area contributed by atoms with Crippen molar-refractivity contribution in [3.8, 4) is 0 Å². The quantitative estimate of drug-likeness (QED) is 0.726. The second-order valence-corrected chi connectivity index (χ2v) is 7.87. The molecule has 0 bridgehead atoms. The lowest BCUT2D eigenvalue weighted by molar-refractivity contribution is 0.581. The predicted molar refractivity (Wildman–Crippen MR) is 89.6 cm³/mol. The molecule has 0 atom stereocenters. The third kappa shape index (κ3) is 4.08. The summed E-state index contributed by atoms with van der Waals surface area (Å²) in [5.41, 5.74) is 0.633. The maximum atomic E-state index is 12.1. The average Bonchev–Trinajstić information content (AvgIpc) is 2.40. The van der Waals surface area contributed by atoms with Gasteiger partial charge in [0.25, 0.3) is 0 Å². The van der Waals surface area contributed by atoms with Crippen LogP contribution in [-0.4, -0.2) is 8.42 Å². The van der Waals surface area contributed by atoms with Crippen molar-refractivity contribution in [2.75, 3.05) is 0 Å². The van der Waals surface area contributed by atoms with E-state index in [1.54, 1.807) is 42.5 Å². The number of rotatable bonds is 4. The fourth-order valence-corrected chi connectivity index (χ4v) is 3.29.